The van der Waals surface area contributed by atoms with E-state index in [1.54, 1.807) is 21.3 Å². The van der Waals surface area contributed by atoms with Crippen molar-refractivity contribution >= 4 is 0 Å². The molecule has 0 bridgehead atoms. The van der Waals surface area contributed by atoms with Crippen molar-refractivity contribution in [3.05, 3.63) is 0 Å². The molecule has 0 aliphatic heterocycles. The summed E-state index contributed by atoms with van der Waals surface area (Å²) in [7, 11) is 4.79. The van der Waals surface area contributed by atoms with Crippen LogP contribution >= 0.6 is 0 Å². The predicted octanol–water partition coefficient (Wildman–Crippen LogP) is -0.932. The molecule has 0 aromatic heterocycles. The van der Waals surface area contributed by atoms with E-state index in [0.717, 1.165) is 0 Å². The van der Waals surface area contributed by atoms with Crippen LogP contribution in [0.15, 0.2) is 0 Å². The molecule has 3 N–H and O–H groups in total. The van der Waals surface area contributed by atoms with Gasteiger partial charge in [0.1, 0.15) is 26.5 Å². The summed E-state index contributed by atoms with van der Waals surface area (Å²) in [4.78, 5) is 8.01. The summed E-state index contributed by atoms with van der Waals surface area (Å²) in [5, 5.41) is 27.1. The van der Waals surface area contributed by atoms with Crippen molar-refractivity contribution < 1.29 is 77.2 Å². The minimum absolute atomic E-state index is 0.00541. The maximum absolute atomic E-state index is 9.70. The topological polar surface area (TPSA) is 187 Å². The van der Waals surface area contributed by atoms with Crippen LogP contribution in [0.4, 0.5) is 0 Å². The molecule has 0 aromatic carbocycles. The van der Waals surface area contributed by atoms with E-state index < -0.39 is 12.2 Å². The molecule has 284 valence electrons. The Balaban J connectivity index is 4.79. The average Bonchev–Trinajstić information content (AvgIpc) is 3.08. The molecule has 0 amide bonds. The molecule has 0 saturated heterocycles. The fraction of sp³-hybridized carbons (Fsp3) is 1.00. The first-order chi connectivity index (χ1) is 23.2. The van der Waals surface area contributed by atoms with Crippen LogP contribution in [0.25, 0.3) is 0 Å². The molecule has 0 fully saturated rings. The number of hydrogen-bond acceptors (Lipinski definition) is 18. The highest BCUT2D eigenvalue weighted by molar-refractivity contribution is 4.71. The number of methoxy groups -OCH3 is 3. The van der Waals surface area contributed by atoms with Crippen molar-refractivity contribution in [2.75, 3.05) is 174 Å². The van der Waals surface area contributed by atoms with Gasteiger partial charge in [-0.15, -0.1) is 0 Å². The predicted molar refractivity (Wildman–Crippen MR) is 167 cm³/mol. The largest absolute Gasteiger partial charge is 0.396 e. The highest BCUT2D eigenvalue weighted by atomic mass is 17.1. The second-order valence-electron chi connectivity index (χ2n) is 9.84. The van der Waals surface area contributed by atoms with E-state index in [0.29, 0.717) is 92.0 Å². The van der Waals surface area contributed by atoms with E-state index in [1.807, 2.05) is 4.90 Å². The molecule has 0 aromatic rings. The van der Waals surface area contributed by atoms with Crippen molar-refractivity contribution in [3.8, 4) is 0 Å². The van der Waals surface area contributed by atoms with E-state index in [4.69, 9.17) is 67.2 Å². The molecule has 0 heterocycles. The van der Waals surface area contributed by atoms with Gasteiger partial charge in [-0.25, -0.2) is 10.1 Å². The molecular formula is C29H62N2O16. The molecule has 0 aliphatic rings. The summed E-state index contributed by atoms with van der Waals surface area (Å²) in [5.74, 6) is 0. The second kappa shape index (κ2) is 38.1. The molecule has 0 radical (unpaired) electrons. The number of ether oxygens (including phenoxy) is 12. The normalized spacial score (nSPS) is 13.3. The Bertz CT molecular complexity index is 574. The van der Waals surface area contributed by atoms with Gasteiger partial charge in [0.15, 0.2) is 6.79 Å². The van der Waals surface area contributed by atoms with E-state index in [-0.39, 0.29) is 66.9 Å². The van der Waals surface area contributed by atoms with Gasteiger partial charge in [-0.2, -0.15) is 0 Å². The standard InChI is InChI=1S/C29H62N2O16/c1-35-18-20-43-24-39-13-5-30(6-14-40-25-44-21-19-36-2)7-15-41-26-46-29(22-37-3)28(4-10-32)45-23-31(8-12-38-17-11-33)9-16-42-27-47-34/h28-29,32-34H,4-27H2,1-3H3. The summed E-state index contributed by atoms with van der Waals surface area (Å²) in [6.07, 6.45) is -0.683. The molecule has 2 unspecified atom stereocenters. The highest BCUT2D eigenvalue weighted by Gasteiger charge is 2.24. The lowest BCUT2D eigenvalue weighted by Gasteiger charge is -2.30. The zero-order valence-electron chi connectivity index (χ0n) is 28.7. The molecule has 0 rings (SSSR count). The molecule has 2 atom stereocenters. The van der Waals surface area contributed by atoms with Gasteiger partial charge in [0.05, 0.1) is 92.1 Å². The lowest BCUT2D eigenvalue weighted by atomic mass is 10.1. The van der Waals surface area contributed by atoms with Crippen molar-refractivity contribution in [1.82, 2.24) is 9.80 Å². The van der Waals surface area contributed by atoms with Crippen LogP contribution in [-0.2, 0) is 61.7 Å². The molecule has 0 spiro atoms. The van der Waals surface area contributed by atoms with Gasteiger partial charge in [0.25, 0.3) is 0 Å². The Morgan fingerprint density at radius 1 is 0.468 bits per heavy atom. The summed E-state index contributed by atoms with van der Waals surface area (Å²) in [5.41, 5.74) is 0. The smallest absolute Gasteiger partial charge is 0.180 e. The quantitative estimate of drug-likeness (QED) is 0.0309. The van der Waals surface area contributed by atoms with Crippen molar-refractivity contribution in [1.29, 1.82) is 0 Å². The highest BCUT2D eigenvalue weighted by Crippen LogP contribution is 2.11. The number of nitrogens with zero attached hydrogens (tertiary/aromatic N) is 2. The summed E-state index contributed by atoms with van der Waals surface area (Å²) >= 11 is 0. The Morgan fingerprint density at radius 3 is 1.49 bits per heavy atom. The van der Waals surface area contributed by atoms with Crippen LogP contribution in [-0.4, -0.2) is 211 Å². The lowest BCUT2D eigenvalue weighted by molar-refractivity contribution is -0.296. The summed E-state index contributed by atoms with van der Waals surface area (Å²) in [6.45, 7) is 7.36. The fourth-order valence-corrected chi connectivity index (χ4v) is 3.77. The third-order valence-electron chi connectivity index (χ3n) is 6.32. The number of aliphatic hydroxyl groups excluding tert-OH is 2. The summed E-state index contributed by atoms with van der Waals surface area (Å²) in [6, 6.07) is 0. The third-order valence-corrected chi connectivity index (χ3v) is 6.32. The van der Waals surface area contributed by atoms with Crippen LogP contribution in [0.3, 0.4) is 0 Å². The van der Waals surface area contributed by atoms with Crippen LogP contribution in [0.5, 0.6) is 0 Å². The Kier molecular flexibility index (Phi) is 37.5. The fourth-order valence-electron chi connectivity index (χ4n) is 3.77. The van der Waals surface area contributed by atoms with E-state index in [9.17, 15) is 5.11 Å². The van der Waals surface area contributed by atoms with E-state index in [1.165, 1.54) is 0 Å². The van der Waals surface area contributed by atoms with Crippen LogP contribution in [0.2, 0.25) is 0 Å². The van der Waals surface area contributed by atoms with Gasteiger partial charge in [0.2, 0.25) is 0 Å². The molecule has 18 heteroatoms. The van der Waals surface area contributed by atoms with Gasteiger partial charge in [0, 0.05) is 60.7 Å². The van der Waals surface area contributed by atoms with Gasteiger partial charge in [-0.05, 0) is 6.42 Å². The van der Waals surface area contributed by atoms with Gasteiger partial charge < -0.3 is 67.1 Å². The zero-order valence-corrected chi connectivity index (χ0v) is 28.7. The maximum Gasteiger partial charge on any atom is 0.180 e. The molecule has 47 heavy (non-hydrogen) atoms. The average molecular weight is 695 g/mol. The van der Waals surface area contributed by atoms with Gasteiger partial charge in [-0.1, -0.05) is 0 Å². The number of aliphatic hydroxyl groups is 2. The van der Waals surface area contributed by atoms with Crippen molar-refractivity contribution in [2.24, 2.45) is 0 Å². The molecule has 0 aliphatic carbocycles. The van der Waals surface area contributed by atoms with Crippen LogP contribution in [0.1, 0.15) is 6.42 Å². The Hall–Kier alpha value is -0.720. The Morgan fingerprint density at radius 2 is 0.979 bits per heavy atom. The Labute approximate surface area is 279 Å². The SMILES string of the molecule is COCCOCOCCN(CCOCOCCOC)CCOCOC(COC)C(CCO)OCN(CCOCCO)CCOCOO. The summed E-state index contributed by atoms with van der Waals surface area (Å²) < 4.78 is 65.6. The third kappa shape index (κ3) is 31.0. The molecule has 0 saturated carbocycles. The maximum atomic E-state index is 9.70. The number of rotatable bonds is 40. The first-order valence-electron chi connectivity index (χ1n) is 15.8. The lowest BCUT2D eigenvalue weighted by Crippen LogP contribution is -2.41. The minimum atomic E-state index is -0.507. The van der Waals surface area contributed by atoms with Crippen LogP contribution in [0, 0.1) is 0 Å². The monoisotopic (exact) mass is 694 g/mol. The second-order valence-corrected chi connectivity index (χ2v) is 9.84. The van der Waals surface area contributed by atoms with Crippen molar-refractivity contribution in [3.63, 3.8) is 0 Å². The first kappa shape index (κ1) is 46.3. The van der Waals surface area contributed by atoms with Gasteiger partial charge >= 0.3 is 0 Å². The van der Waals surface area contributed by atoms with Crippen molar-refractivity contribution in [2.45, 2.75) is 18.6 Å². The van der Waals surface area contributed by atoms with E-state index >= 15 is 0 Å². The van der Waals surface area contributed by atoms with E-state index in [2.05, 4.69) is 9.79 Å². The minimum Gasteiger partial charge on any atom is -0.396 e. The first-order valence-corrected chi connectivity index (χ1v) is 15.8. The molecular weight excluding hydrogens is 632 g/mol. The van der Waals surface area contributed by atoms with Gasteiger partial charge in [-0.3, -0.25) is 9.80 Å². The molecule has 18 nitrogen and oxygen atoms in total. The zero-order chi connectivity index (χ0) is 34.5. The van der Waals surface area contributed by atoms with Crippen LogP contribution < -0.4 is 0 Å². The number of hydrogen-bond donors (Lipinski definition) is 3.